The van der Waals surface area contributed by atoms with Gasteiger partial charge in [0.05, 0.1) is 12.8 Å². The number of aliphatic carboxylic acids is 1. The van der Waals surface area contributed by atoms with Crippen LogP contribution in [0.15, 0.2) is 12.2 Å². The van der Waals surface area contributed by atoms with Crippen LogP contribution in [0.3, 0.4) is 0 Å². The van der Waals surface area contributed by atoms with Crippen molar-refractivity contribution in [1.29, 1.82) is 0 Å². The molecule has 0 saturated carbocycles. The van der Waals surface area contributed by atoms with Crippen LogP contribution in [0.4, 0.5) is 0 Å². The molecular weight excluding hydrogens is 256 g/mol. The van der Waals surface area contributed by atoms with E-state index in [-0.39, 0.29) is 19.4 Å². The third kappa shape index (κ3) is 14.7. The molecule has 0 heterocycles. The van der Waals surface area contributed by atoms with E-state index in [1.54, 1.807) is 0 Å². The highest BCUT2D eigenvalue weighted by atomic mass is 16.5. The van der Waals surface area contributed by atoms with Gasteiger partial charge in [0.1, 0.15) is 6.61 Å². The summed E-state index contributed by atoms with van der Waals surface area (Å²) in [6.45, 7) is 2.47. The number of carbonyl (C=O) groups excluding carboxylic acids is 1. The van der Waals surface area contributed by atoms with E-state index < -0.39 is 11.9 Å². The number of carboxylic acids is 1. The summed E-state index contributed by atoms with van der Waals surface area (Å²) in [6, 6.07) is 0. The lowest BCUT2D eigenvalue weighted by molar-refractivity contribution is -0.146. The van der Waals surface area contributed by atoms with Crippen molar-refractivity contribution in [3.63, 3.8) is 0 Å². The number of hydrogen-bond donors (Lipinski definition) is 1. The quantitative estimate of drug-likeness (QED) is 0.314. The second kappa shape index (κ2) is 14.1. The molecule has 0 aromatic heterocycles. The Labute approximate surface area is 122 Å². The molecule has 0 aromatic rings. The van der Waals surface area contributed by atoms with Gasteiger partial charge >= 0.3 is 11.9 Å². The summed E-state index contributed by atoms with van der Waals surface area (Å²) >= 11 is 0. The van der Waals surface area contributed by atoms with Gasteiger partial charge in [0.25, 0.3) is 0 Å². The maximum absolute atomic E-state index is 11.1. The predicted molar refractivity (Wildman–Crippen MR) is 79.6 cm³/mol. The molecule has 0 spiro atoms. The fraction of sp³-hybridized carbons (Fsp3) is 0.750. The van der Waals surface area contributed by atoms with Crippen LogP contribution in [0.25, 0.3) is 0 Å². The number of rotatable bonds is 13. The zero-order chi connectivity index (χ0) is 15.1. The van der Waals surface area contributed by atoms with Crippen LogP contribution in [-0.4, -0.2) is 23.7 Å². The monoisotopic (exact) mass is 284 g/mol. The molecule has 0 amide bonds. The number of ether oxygens (including phenoxy) is 1. The fourth-order valence-electron chi connectivity index (χ4n) is 1.83. The van der Waals surface area contributed by atoms with Crippen molar-refractivity contribution in [3.8, 4) is 0 Å². The molecule has 0 aliphatic rings. The Balaban J connectivity index is 3.27. The summed E-state index contributed by atoms with van der Waals surface area (Å²) in [4.78, 5) is 21.3. The molecule has 4 nitrogen and oxygen atoms in total. The minimum Gasteiger partial charge on any atom is -0.481 e. The molecule has 0 aromatic carbocycles. The van der Waals surface area contributed by atoms with E-state index in [2.05, 4.69) is 6.92 Å². The van der Waals surface area contributed by atoms with Gasteiger partial charge in [0.2, 0.25) is 0 Å². The normalized spacial score (nSPS) is 10.8. The zero-order valence-corrected chi connectivity index (χ0v) is 12.6. The van der Waals surface area contributed by atoms with Crippen molar-refractivity contribution in [2.24, 2.45) is 0 Å². The first kappa shape index (κ1) is 18.7. The smallest absolute Gasteiger partial charge is 0.306 e. The number of carboxylic acid groups (broad SMARTS) is 1. The average Bonchev–Trinajstić information content (AvgIpc) is 2.42. The molecule has 116 valence electrons. The van der Waals surface area contributed by atoms with Gasteiger partial charge in [0.15, 0.2) is 0 Å². The Hall–Kier alpha value is -1.32. The first-order valence-electron chi connectivity index (χ1n) is 7.69. The Kier molecular flexibility index (Phi) is 13.2. The third-order valence-electron chi connectivity index (χ3n) is 3.02. The molecule has 0 rings (SSSR count). The van der Waals surface area contributed by atoms with Gasteiger partial charge in [-0.1, -0.05) is 57.6 Å². The molecule has 20 heavy (non-hydrogen) atoms. The lowest BCUT2D eigenvalue weighted by Gasteiger charge is -2.00. The van der Waals surface area contributed by atoms with Gasteiger partial charge in [-0.05, 0) is 12.8 Å². The van der Waals surface area contributed by atoms with E-state index in [0.717, 1.165) is 6.42 Å². The van der Waals surface area contributed by atoms with Crippen LogP contribution in [-0.2, 0) is 14.3 Å². The van der Waals surface area contributed by atoms with Gasteiger partial charge in [-0.25, -0.2) is 0 Å². The third-order valence-corrected chi connectivity index (χ3v) is 3.02. The van der Waals surface area contributed by atoms with Gasteiger partial charge < -0.3 is 9.84 Å². The Morgan fingerprint density at radius 2 is 1.60 bits per heavy atom. The summed E-state index contributed by atoms with van der Waals surface area (Å²) in [5, 5.41) is 8.40. The van der Waals surface area contributed by atoms with E-state index in [1.807, 2.05) is 12.2 Å². The Bertz CT molecular complexity index is 284. The highest BCUT2D eigenvalue weighted by Crippen LogP contribution is 2.08. The molecule has 0 aliphatic carbocycles. The van der Waals surface area contributed by atoms with Crippen molar-refractivity contribution in [2.45, 2.75) is 71.1 Å². The van der Waals surface area contributed by atoms with Crippen LogP contribution in [0.1, 0.15) is 71.1 Å². The first-order chi connectivity index (χ1) is 9.66. The molecule has 0 unspecified atom stereocenters. The van der Waals surface area contributed by atoms with E-state index in [1.165, 1.54) is 44.9 Å². The van der Waals surface area contributed by atoms with Gasteiger partial charge in [-0.15, -0.1) is 0 Å². The van der Waals surface area contributed by atoms with Crippen molar-refractivity contribution in [2.75, 3.05) is 6.61 Å². The van der Waals surface area contributed by atoms with Crippen LogP contribution < -0.4 is 0 Å². The highest BCUT2D eigenvalue weighted by Gasteiger charge is 2.04. The van der Waals surface area contributed by atoms with E-state index in [0.29, 0.717) is 0 Å². The molecular formula is C16H28O4. The number of allylic oxidation sites excluding steroid dienone is 1. The standard InChI is InChI=1S/C16H28O4/c1-2-3-4-5-6-7-8-9-10-11-14-20-16(19)13-12-15(17)18/h10-11H,2-9,12-14H2,1H3,(H,17,18). The predicted octanol–water partition coefficient (Wildman–Crippen LogP) is 4.09. The average molecular weight is 284 g/mol. The molecule has 1 N–H and O–H groups in total. The second-order valence-electron chi connectivity index (χ2n) is 4.96. The maximum atomic E-state index is 11.1. The molecule has 0 atom stereocenters. The highest BCUT2D eigenvalue weighted by molar-refractivity contribution is 5.76. The largest absolute Gasteiger partial charge is 0.481 e. The molecule has 0 aliphatic heterocycles. The van der Waals surface area contributed by atoms with Gasteiger partial charge in [-0.2, -0.15) is 0 Å². The Morgan fingerprint density at radius 3 is 2.25 bits per heavy atom. The van der Waals surface area contributed by atoms with Crippen LogP contribution in [0, 0.1) is 0 Å². The van der Waals surface area contributed by atoms with E-state index in [4.69, 9.17) is 9.84 Å². The summed E-state index contributed by atoms with van der Waals surface area (Å²) in [6.07, 6.45) is 13.7. The fourth-order valence-corrected chi connectivity index (χ4v) is 1.83. The van der Waals surface area contributed by atoms with Gasteiger partial charge in [0, 0.05) is 0 Å². The van der Waals surface area contributed by atoms with E-state index >= 15 is 0 Å². The summed E-state index contributed by atoms with van der Waals surface area (Å²) in [5.74, 6) is -1.43. The van der Waals surface area contributed by atoms with Crippen molar-refractivity contribution >= 4 is 11.9 Å². The minimum absolute atomic E-state index is 0.0546. The first-order valence-corrected chi connectivity index (χ1v) is 7.69. The van der Waals surface area contributed by atoms with Crippen molar-refractivity contribution < 1.29 is 19.4 Å². The summed E-state index contributed by atoms with van der Waals surface area (Å²) in [7, 11) is 0. The van der Waals surface area contributed by atoms with Crippen LogP contribution in [0.2, 0.25) is 0 Å². The molecule has 0 fully saturated rings. The molecule has 4 heteroatoms. The second-order valence-corrected chi connectivity index (χ2v) is 4.96. The summed E-state index contributed by atoms with van der Waals surface area (Å²) < 4.78 is 4.88. The number of carbonyl (C=O) groups is 2. The van der Waals surface area contributed by atoms with Crippen LogP contribution in [0.5, 0.6) is 0 Å². The molecule has 0 bridgehead atoms. The number of hydrogen-bond acceptors (Lipinski definition) is 3. The molecule has 0 radical (unpaired) electrons. The summed E-state index contributed by atoms with van der Waals surface area (Å²) in [5.41, 5.74) is 0. The lowest BCUT2D eigenvalue weighted by Crippen LogP contribution is -2.07. The van der Waals surface area contributed by atoms with E-state index in [9.17, 15) is 9.59 Å². The zero-order valence-electron chi connectivity index (χ0n) is 12.6. The van der Waals surface area contributed by atoms with Crippen molar-refractivity contribution in [1.82, 2.24) is 0 Å². The van der Waals surface area contributed by atoms with Crippen molar-refractivity contribution in [3.05, 3.63) is 12.2 Å². The molecule has 0 saturated heterocycles. The van der Waals surface area contributed by atoms with Gasteiger partial charge in [-0.3, -0.25) is 9.59 Å². The lowest BCUT2D eigenvalue weighted by atomic mass is 10.1. The number of esters is 1. The van der Waals surface area contributed by atoms with Crippen LogP contribution >= 0.6 is 0 Å². The SMILES string of the molecule is CCCCCCCCCC=CCOC(=O)CCC(=O)O. The minimum atomic E-state index is -0.976. The topological polar surface area (TPSA) is 63.6 Å². The Morgan fingerprint density at radius 1 is 0.950 bits per heavy atom. The maximum Gasteiger partial charge on any atom is 0.306 e. The number of unbranched alkanes of at least 4 members (excludes halogenated alkanes) is 7.